The van der Waals surface area contributed by atoms with Gasteiger partial charge in [0.25, 0.3) is 0 Å². The van der Waals surface area contributed by atoms with Crippen LogP contribution in [-0.4, -0.2) is 74.8 Å². The number of aliphatic hydroxyl groups is 4. The molecule has 1 spiro atoms. The summed E-state index contributed by atoms with van der Waals surface area (Å²) in [6.07, 6.45) is 7.62. The van der Waals surface area contributed by atoms with Gasteiger partial charge in [-0.3, -0.25) is 0 Å². The van der Waals surface area contributed by atoms with Crippen molar-refractivity contribution in [2.24, 2.45) is 46.3 Å². The van der Waals surface area contributed by atoms with E-state index in [4.69, 9.17) is 4.74 Å². The van der Waals surface area contributed by atoms with Crippen molar-refractivity contribution in [3.63, 3.8) is 0 Å². The van der Waals surface area contributed by atoms with Crippen molar-refractivity contribution in [1.82, 2.24) is 5.32 Å². The Labute approximate surface area is 296 Å². The van der Waals surface area contributed by atoms with Gasteiger partial charge in [0.1, 0.15) is 18.0 Å². The molecule has 270 valence electrons. The third-order valence-electron chi connectivity index (χ3n) is 15.5. The molecule has 0 radical (unpaired) electrons. The molecular weight excluding hydrogens is 630 g/mol. The van der Waals surface area contributed by atoms with Crippen LogP contribution in [-0.2, 0) is 20.7 Å². The lowest BCUT2D eigenvalue weighted by Crippen LogP contribution is -2.79. The molecular formula is C42H55NO7. The first kappa shape index (κ1) is 34.5. The molecule has 13 atom stereocenters. The Kier molecular flexibility index (Phi) is 8.29. The van der Waals surface area contributed by atoms with Crippen LogP contribution in [0.5, 0.6) is 0 Å². The normalized spacial score (nSPS) is 47.4. The number of carbonyl (C=O) groups is 2. The number of aldehydes is 1. The van der Waals surface area contributed by atoms with E-state index in [1.54, 1.807) is 6.08 Å². The summed E-state index contributed by atoms with van der Waals surface area (Å²) in [4.78, 5) is 26.8. The molecule has 0 aromatic heterocycles. The summed E-state index contributed by atoms with van der Waals surface area (Å²) >= 11 is 0. The van der Waals surface area contributed by atoms with E-state index in [0.29, 0.717) is 50.9 Å². The Hall–Kier alpha value is -2.54. The van der Waals surface area contributed by atoms with Crippen LogP contribution >= 0.6 is 0 Å². The fourth-order valence-electron chi connectivity index (χ4n) is 13.4. The second-order valence-corrected chi connectivity index (χ2v) is 17.8. The van der Waals surface area contributed by atoms with Crippen LogP contribution in [0.15, 0.2) is 35.9 Å². The monoisotopic (exact) mass is 685 g/mol. The number of fused-ring (bicyclic) bond motifs is 7. The summed E-state index contributed by atoms with van der Waals surface area (Å²) < 4.78 is 6.17. The number of nitrogens with one attached hydrogen (secondary N) is 1. The molecule has 0 amide bonds. The van der Waals surface area contributed by atoms with Crippen LogP contribution in [0.3, 0.4) is 0 Å². The van der Waals surface area contributed by atoms with Crippen molar-refractivity contribution in [1.29, 1.82) is 0 Å². The smallest absolute Gasteiger partial charge is 0.331 e. The Bertz CT molecular complexity index is 1650. The Morgan fingerprint density at radius 3 is 2.62 bits per heavy atom. The van der Waals surface area contributed by atoms with Gasteiger partial charge in [0.15, 0.2) is 0 Å². The summed E-state index contributed by atoms with van der Waals surface area (Å²) in [6.45, 7) is 4.26. The molecule has 50 heavy (non-hydrogen) atoms. The van der Waals surface area contributed by atoms with Crippen molar-refractivity contribution in [2.45, 2.75) is 132 Å². The lowest BCUT2D eigenvalue weighted by molar-refractivity contribution is -0.334. The molecule has 0 saturated heterocycles. The van der Waals surface area contributed by atoms with Gasteiger partial charge in [-0.2, -0.15) is 0 Å². The second-order valence-electron chi connectivity index (χ2n) is 17.8. The first-order valence-electron chi connectivity index (χ1n) is 19.3. The van der Waals surface area contributed by atoms with Gasteiger partial charge in [0.05, 0.1) is 22.7 Å². The number of benzene rings is 1. The van der Waals surface area contributed by atoms with Crippen molar-refractivity contribution in [3.05, 3.63) is 47.0 Å². The van der Waals surface area contributed by atoms with Crippen LogP contribution in [0.2, 0.25) is 0 Å². The number of rotatable bonds is 5. The fraction of sp³-hybridized carbons (Fsp3) is 0.714. The van der Waals surface area contributed by atoms with Gasteiger partial charge in [-0.15, -0.1) is 0 Å². The third-order valence-corrected chi connectivity index (χ3v) is 15.5. The zero-order valence-corrected chi connectivity index (χ0v) is 29.9. The van der Waals surface area contributed by atoms with E-state index in [-0.39, 0.29) is 49.0 Å². The Balaban J connectivity index is 1.30. The lowest BCUT2D eigenvalue weighted by atomic mass is 9.37. The minimum Gasteiger partial charge on any atom is -0.454 e. The van der Waals surface area contributed by atoms with Crippen LogP contribution < -0.4 is 5.32 Å². The van der Waals surface area contributed by atoms with Gasteiger partial charge in [-0.25, -0.2) is 4.79 Å². The molecule has 1 aliphatic heterocycles. The topological polar surface area (TPSA) is 136 Å². The predicted molar refractivity (Wildman–Crippen MR) is 187 cm³/mol. The van der Waals surface area contributed by atoms with E-state index in [0.717, 1.165) is 42.2 Å². The third kappa shape index (κ3) is 4.55. The first-order valence-corrected chi connectivity index (χ1v) is 19.3. The highest BCUT2D eigenvalue weighted by Gasteiger charge is 2.81. The van der Waals surface area contributed by atoms with Crippen LogP contribution in [0, 0.1) is 58.2 Å². The van der Waals surface area contributed by atoms with Gasteiger partial charge < -0.3 is 35.3 Å². The van der Waals surface area contributed by atoms with Gasteiger partial charge in [-0.05, 0) is 112 Å². The molecule has 13 unspecified atom stereocenters. The zero-order valence-electron chi connectivity index (χ0n) is 29.9. The highest BCUT2D eigenvalue weighted by Crippen LogP contribution is 2.76. The van der Waals surface area contributed by atoms with Crippen molar-refractivity contribution in [2.75, 3.05) is 7.05 Å². The quantitative estimate of drug-likeness (QED) is 0.177. The van der Waals surface area contributed by atoms with Gasteiger partial charge in [-0.1, -0.05) is 50.3 Å². The molecule has 4 bridgehead atoms. The van der Waals surface area contributed by atoms with Crippen LogP contribution in [0.4, 0.5) is 0 Å². The average Bonchev–Trinajstić information content (AvgIpc) is 3.59. The molecule has 9 rings (SSSR count). The number of likely N-dealkylation sites (N-methyl/N-ethyl adjacent to an activating group) is 1. The molecule has 1 aromatic rings. The minimum absolute atomic E-state index is 0.0138. The molecule has 8 heteroatoms. The maximum absolute atomic E-state index is 13.8. The van der Waals surface area contributed by atoms with E-state index >= 15 is 0 Å². The predicted octanol–water partition coefficient (Wildman–Crippen LogP) is 4.25. The molecule has 5 saturated carbocycles. The Morgan fingerprint density at radius 2 is 1.86 bits per heavy atom. The molecule has 7 aliphatic carbocycles. The first-order chi connectivity index (χ1) is 23.9. The number of carbonyl (C=O) groups excluding carboxylic acids is 2. The SMILES string of the molecule is CNC1Cc2ccccc2C#CCCC23CCC4C(O)(CC(CCC(C)C)C5(O)CC(O)CCC45C=O)C2(O)CC2CC1C1OC(=O)C=C1C23. The number of ether oxygens (including phenoxy) is 1. The average molecular weight is 686 g/mol. The van der Waals surface area contributed by atoms with E-state index in [1.807, 2.05) is 19.2 Å². The van der Waals surface area contributed by atoms with Crippen molar-refractivity contribution >= 4 is 12.3 Å². The second kappa shape index (κ2) is 12.0. The number of esters is 1. The Morgan fingerprint density at radius 1 is 1.06 bits per heavy atom. The standard InChI is InChI=1S/C42H55NO7/c1-25(2)11-12-29-22-41(48)34(39(24-44)16-13-30(45)23-40(29,39)47)14-17-38-15-7-6-9-26-8-4-5-10-27(26)19-33(43-3)31-18-28(21-42(38,41)49)36(38)32-20-35(46)50-37(31)32/h4-5,8,10,20,24-25,28-31,33-34,36-37,43,45,47-49H,7,11-19,21-23H2,1-3H3. The maximum Gasteiger partial charge on any atom is 0.331 e. The largest absolute Gasteiger partial charge is 0.454 e. The minimum atomic E-state index is -1.66. The maximum atomic E-state index is 13.8. The van der Waals surface area contributed by atoms with Crippen molar-refractivity contribution in [3.8, 4) is 11.8 Å². The molecule has 5 fully saturated rings. The number of aliphatic hydroxyl groups excluding tert-OH is 1. The van der Waals surface area contributed by atoms with Gasteiger partial charge in [0.2, 0.25) is 0 Å². The van der Waals surface area contributed by atoms with E-state index in [2.05, 4.69) is 43.1 Å². The number of hydrogen-bond acceptors (Lipinski definition) is 8. The fourth-order valence-corrected chi connectivity index (χ4v) is 13.4. The van der Waals surface area contributed by atoms with Gasteiger partial charge in [0, 0.05) is 47.8 Å². The summed E-state index contributed by atoms with van der Waals surface area (Å²) in [5.41, 5.74) is -3.73. The summed E-state index contributed by atoms with van der Waals surface area (Å²) in [7, 11) is 1.96. The van der Waals surface area contributed by atoms with Crippen molar-refractivity contribution < 1.29 is 34.8 Å². The molecule has 1 aromatic carbocycles. The summed E-state index contributed by atoms with van der Waals surface area (Å²) in [6, 6.07) is 8.23. The molecule has 1 heterocycles. The highest BCUT2D eigenvalue weighted by atomic mass is 16.5. The molecule has 5 N–H and O–H groups in total. The zero-order chi connectivity index (χ0) is 35.3. The van der Waals surface area contributed by atoms with Crippen LogP contribution in [0.1, 0.15) is 102 Å². The lowest BCUT2D eigenvalue weighted by Gasteiger charge is -2.71. The molecule has 8 aliphatic rings. The van der Waals surface area contributed by atoms with E-state index < -0.39 is 51.7 Å². The highest BCUT2D eigenvalue weighted by molar-refractivity contribution is 5.86. The van der Waals surface area contributed by atoms with Crippen LogP contribution in [0.25, 0.3) is 0 Å². The number of hydrogen-bond donors (Lipinski definition) is 5. The summed E-state index contributed by atoms with van der Waals surface area (Å²) in [5, 5.41) is 54.6. The van der Waals surface area contributed by atoms with E-state index in [9.17, 15) is 30.0 Å². The summed E-state index contributed by atoms with van der Waals surface area (Å²) in [5.74, 6) is 5.55. The van der Waals surface area contributed by atoms with E-state index in [1.165, 1.54) is 0 Å². The molecule has 8 nitrogen and oxygen atoms in total. The van der Waals surface area contributed by atoms with Gasteiger partial charge >= 0.3 is 5.97 Å².